The Bertz CT molecular complexity index is 1080. The lowest BCUT2D eigenvalue weighted by molar-refractivity contribution is -0.122. The topological polar surface area (TPSA) is 64.9 Å². The van der Waals surface area contributed by atoms with E-state index in [0.29, 0.717) is 23.8 Å². The zero-order valence-electron chi connectivity index (χ0n) is 16.0. The highest BCUT2D eigenvalue weighted by molar-refractivity contribution is 5.94. The second-order valence-electron chi connectivity index (χ2n) is 6.58. The number of carbonyl (C=O) groups is 1. The lowest BCUT2D eigenvalue weighted by Gasteiger charge is -2.15. The predicted octanol–water partition coefficient (Wildman–Crippen LogP) is 4.32. The van der Waals surface area contributed by atoms with Crippen molar-refractivity contribution in [1.82, 2.24) is 9.38 Å². The SMILES string of the molecule is CC(Oc1ccccc1)C(=O)Nc1cccc(OCc2cn3ccccc3n2)c1. The van der Waals surface area contributed by atoms with E-state index in [1.165, 1.54) is 0 Å². The summed E-state index contributed by atoms with van der Waals surface area (Å²) in [6.07, 6.45) is 3.25. The van der Waals surface area contributed by atoms with Crippen molar-refractivity contribution >= 4 is 17.2 Å². The fourth-order valence-electron chi connectivity index (χ4n) is 2.88. The number of anilines is 1. The van der Waals surface area contributed by atoms with Gasteiger partial charge in [-0.15, -0.1) is 0 Å². The molecule has 1 amide bonds. The van der Waals surface area contributed by atoms with E-state index in [0.717, 1.165) is 11.3 Å². The molecule has 0 bridgehead atoms. The maximum absolute atomic E-state index is 12.4. The summed E-state index contributed by atoms with van der Waals surface area (Å²) in [5.41, 5.74) is 2.35. The van der Waals surface area contributed by atoms with Gasteiger partial charge in [0.05, 0.1) is 5.69 Å². The third-order valence-electron chi connectivity index (χ3n) is 4.33. The highest BCUT2D eigenvalue weighted by Crippen LogP contribution is 2.19. The van der Waals surface area contributed by atoms with Crippen LogP contribution in [0.1, 0.15) is 12.6 Å². The Morgan fingerprint density at radius 2 is 1.83 bits per heavy atom. The molecule has 4 rings (SSSR count). The molecule has 0 aliphatic carbocycles. The van der Waals surface area contributed by atoms with Crippen LogP contribution in [0.2, 0.25) is 0 Å². The lowest BCUT2D eigenvalue weighted by atomic mass is 10.2. The molecule has 2 aromatic carbocycles. The average Bonchev–Trinajstić information content (AvgIpc) is 3.16. The number of rotatable bonds is 7. The summed E-state index contributed by atoms with van der Waals surface area (Å²) >= 11 is 0. The largest absolute Gasteiger partial charge is 0.487 e. The van der Waals surface area contributed by atoms with Gasteiger partial charge in [-0.2, -0.15) is 0 Å². The first-order valence-corrected chi connectivity index (χ1v) is 9.35. The van der Waals surface area contributed by atoms with E-state index in [9.17, 15) is 4.79 Å². The molecule has 0 spiro atoms. The highest BCUT2D eigenvalue weighted by atomic mass is 16.5. The van der Waals surface area contributed by atoms with Crippen LogP contribution in [0, 0.1) is 0 Å². The Morgan fingerprint density at radius 1 is 1.03 bits per heavy atom. The number of pyridine rings is 1. The van der Waals surface area contributed by atoms with Crippen molar-refractivity contribution in [2.24, 2.45) is 0 Å². The Morgan fingerprint density at radius 3 is 2.66 bits per heavy atom. The van der Waals surface area contributed by atoms with Crippen LogP contribution in [-0.4, -0.2) is 21.4 Å². The number of para-hydroxylation sites is 1. The molecular formula is C23H21N3O3. The number of nitrogens with zero attached hydrogens (tertiary/aromatic N) is 2. The van der Waals surface area contributed by atoms with Crippen molar-refractivity contribution < 1.29 is 14.3 Å². The monoisotopic (exact) mass is 387 g/mol. The summed E-state index contributed by atoms with van der Waals surface area (Å²) in [6, 6.07) is 22.4. The number of aromatic nitrogens is 2. The van der Waals surface area contributed by atoms with E-state index in [1.807, 2.05) is 83.5 Å². The van der Waals surface area contributed by atoms with Gasteiger partial charge >= 0.3 is 0 Å². The van der Waals surface area contributed by atoms with E-state index in [2.05, 4.69) is 10.3 Å². The van der Waals surface area contributed by atoms with Gasteiger partial charge in [0.25, 0.3) is 5.91 Å². The predicted molar refractivity (Wildman–Crippen MR) is 111 cm³/mol. The average molecular weight is 387 g/mol. The standard InChI is InChI=1S/C23H21N3O3/c1-17(29-20-9-3-2-4-10-20)23(27)25-18-8-7-11-21(14-18)28-16-19-15-26-13-6-5-12-22(26)24-19/h2-15,17H,16H2,1H3,(H,25,27). The van der Waals surface area contributed by atoms with E-state index < -0.39 is 6.10 Å². The number of ether oxygens (including phenoxy) is 2. The number of fused-ring (bicyclic) bond motifs is 1. The molecule has 1 unspecified atom stereocenters. The summed E-state index contributed by atoms with van der Waals surface area (Å²) < 4.78 is 13.4. The molecule has 0 aliphatic heterocycles. The number of imidazole rings is 1. The molecule has 0 fully saturated rings. The molecule has 29 heavy (non-hydrogen) atoms. The first-order chi connectivity index (χ1) is 14.2. The van der Waals surface area contributed by atoms with Gasteiger partial charge in [-0.05, 0) is 43.3 Å². The fraction of sp³-hybridized carbons (Fsp3) is 0.130. The number of carbonyl (C=O) groups excluding carboxylic acids is 1. The molecule has 0 saturated heterocycles. The normalized spacial score (nSPS) is 11.8. The van der Waals surface area contributed by atoms with Gasteiger partial charge in [-0.1, -0.05) is 30.3 Å². The zero-order valence-corrected chi connectivity index (χ0v) is 16.0. The molecule has 6 heteroatoms. The molecular weight excluding hydrogens is 366 g/mol. The van der Waals surface area contributed by atoms with Crippen LogP contribution in [0.5, 0.6) is 11.5 Å². The van der Waals surface area contributed by atoms with Crippen LogP contribution in [-0.2, 0) is 11.4 Å². The molecule has 2 aromatic heterocycles. The molecule has 6 nitrogen and oxygen atoms in total. The molecule has 1 N–H and O–H groups in total. The molecule has 1 atom stereocenters. The third-order valence-corrected chi connectivity index (χ3v) is 4.33. The van der Waals surface area contributed by atoms with Crippen molar-refractivity contribution in [3.8, 4) is 11.5 Å². The Hall–Kier alpha value is -3.80. The van der Waals surface area contributed by atoms with Crippen molar-refractivity contribution in [3.63, 3.8) is 0 Å². The van der Waals surface area contributed by atoms with Crippen molar-refractivity contribution in [3.05, 3.63) is 90.9 Å². The highest BCUT2D eigenvalue weighted by Gasteiger charge is 2.15. The van der Waals surface area contributed by atoms with Crippen molar-refractivity contribution in [2.75, 3.05) is 5.32 Å². The summed E-state index contributed by atoms with van der Waals surface area (Å²) in [5.74, 6) is 1.07. The lowest BCUT2D eigenvalue weighted by Crippen LogP contribution is -2.30. The summed E-state index contributed by atoms with van der Waals surface area (Å²) in [7, 11) is 0. The van der Waals surface area contributed by atoms with E-state index in [1.54, 1.807) is 13.0 Å². The number of benzene rings is 2. The van der Waals surface area contributed by atoms with Crippen LogP contribution in [0.15, 0.2) is 85.2 Å². The first kappa shape index (κ1) is 18.6. The maximum Gasteiger partial charge on any atom is 0.265 e. The third kappa shape index (κ3) is 4.73. The number of hydrogen-bond acceptors (Lipinski definition) is 4. The quantitative estimate of drug-likeness (QED) is 0.513. The number of hydrogen-bond donors (Lipinski definition) is 1. The molecule has 146 valence electrons. The summed E-state index contributed by atoms with van der Waals surface area (Å²) in [6.45, 7) is 2.05. The molecule has 2 heterocycles. The molecule has 0 aliphatic rings. The number of nitrogens with one attached hydrogen (secondary N) is 1. The van der Waals surface area contributed by atoms with Crippen LogP contribution in [0.25, 0.3) is 5.65 Å². The molecule has 4 aromatic rings. The van der Waals surface area contributed by atoms with E-state index in [4.69, 9.17) is 9.47 Å². The Kier molecular flexibility index (Phi) is 5.42. The van der Waals surface area contributed by atoms with Crippen molar-refractivity contribution in [2.45, 2.75) is 19.6 Å². The smallest absolute Gasteiger partial charge is 0.265 e. The second-order valence-corrected chi connectivity index (χ2v) is 6.58. The van der Waals surface area contributed by atoms with Crippen LogP contribution in [0.3, 0.4) is 0 Å². The fourth-order valence-corrected chi connectivity index (χ4v) is 2.88. The Balaban J connectivity index is 1.36. The molecule has 0 radical (unpaired) electrons. The minimum atomic E-state index is -0.625. The summed E-state index contributed by atoms with van der Waals surface area (Å²) in [5, 5.41) is 2.86. The van der Waals surface area contributed by atoms with Crippen LogP contribution < -0.4 is 14.8 Å². The summed E-state index contributed by atoms with van der Waals surface area (Å²) in [4.78, 5) is 16.9. The number of amides is 1. The maximum atomic E-state index is 12.4. The second kappa shape index (κ2) is 8.48. The Labute approximate surface area is 168 Å². The zero-order chi connectivity index (χ0) is 20.1. The van der Waals surface area contributed by atoms with Gasteiger partial charge in [0, 0.05) is 24.1 Å². The van der Waals surface area contributed by atoms with E-state index >= 15 is 0 Å². The van der Waals surface area contributed by atoms with Crippen LogP contribution >= 0.6 is 0 Å². The van der Waals surface area contributed by atoms with Gasteiger partial charge in [-0.3, -0.25) is 4.79 Å². The van der Waals surface area contributed by atoms with E-state index in [-0.39, 0.29) is 5.91 Å². The molecule has 0 saturated carbocycles. The van der Waals surface area contributed by atoms with Gasteiger partial charge in [0.15, 0.2) is 6.10 Å². The first-order valence-electron chi connectivity index (χ1n) is 9.35. The van der Waals surface area contributed by atoms with Gasteiger partial charge in [0.1, 0.15) is 23.8 Å². The van der Waals surface area contributed by atoms with Gasteiger partial charge in [0.2, 0.25) is 0 Å². The van der Waals surface area contributed by atoms with Crippen LogP contribution in [0.4, 0.5) is 5.69 Å². The minimum absolute atomic E-state index is 0.230. The van der Waals surface area contributed by atoms with Crippen molar-refractivity contribution in [1.29, 1.82) is 0 Å². The van der Waals surface area contributed by atoms with Gasteiger partial charge < -0.3 is 19.2 Å². The minimum Gasteiger partial charge on any atom is -0.487 e. The van der Waals surface area contributed by atoms with Gasteiger partial charge in [-0.25, -0.2) is 4.98 Å².